The summed E-state index contributed by atoms with van der Waals surface area (Å²) in [6, 6.07) is 12.6. The molecule has 0 fully saturated rings. The quantitative estimate of drug-likeness (QED) is 0.760. The standard InChI is InChI=1S/C20H23ClN2O3/c1-4-5-11-23(15-9-7-6-8-10-15)20(25)16-12-17(21)18(22-14(2)24)13-19(16)26-3/h6-10,12-13H,4-5,11H2,1-3H3,(H,22,24). The summed E-state index contributed by atoms with van der Waals surface area (Å²) in [6.45, 7) is 4.06. The van der Waals surface area contributed by atoms with Crippen LogP contribution < -0.4 is 15.0 Å². The largest absolute Gasteiger partial charge is 0.496 e. The summed E-state index contributed by atoms with van der Waals surface area (Å²) in [5.74, 6) is -0.0831. The van der Waals surface area contributed by atoms with Crippen molar-refractivity contribution in [3.8, 4) is 5.75 Å². The maximum absolute atomic E-state index is 13.2. The van der Waals surface area contributed by atoms with Crippen LogP contribution in [0, 0.1) is 0 Å². The van der Waals surface area contributed by atoms with E-state index in [1.807, 2.05) is 30.3 Å². The lowest BCUT2D eigenvalue weighted by Gasteiger charge is -2.24. The zero-order chi connectivity index (χ0) is 19.1. The van der Waals surface area contributed by atoms with Crippen LogP contribution in [-0.2, 0) is 4.79 Å². The number of anilines is 2. The average molecular weight is 375 g/mol. The number of para-hydroxylation sites is 1. The summed E-state index contributed by atoms with van der Waals surface area (Å²) < 4.78 is 5.38. The van der Waals surface area contributed by atoms with E-state index in [-0.39, 0.29) is 16.8 Å². The van der Waals surface area contributed by atoms with Crippen molar-refractivity contribution in [1.29, 1.82) is 0 Å². The van der Waals surface area contributed by atoms with Gasteiger partial charge in [-0.3, -0.25) is 9.59 Å². The molecule has 5 nitrogen and oxygen atoms in total. The van der Waals surface area contributed by atoms with Gasteiger partial charge in [0.05, 0.1) is 23.4 Å². The van der Waals surface area contributed by atoms with Gasteiger partial charge in [0, 0.05) is 25.2 Å². The molecule has 138 valence electrons. The van der Waals surface area contributed by atoms with E-state index in [1.165, 1.54) is 20.1 Å². The van der Waals surface area contributed by atoms with Crippen molar-refractivity contribution in [2.45, 2.75) is 26.7 Å². The van der Waals surface area contributed by atoms with Gasteiger partial charge >= 0.3 is 0 Å². The molecule has 0 unspecified atom stereocenters. The van der Waals surface area contributed by atoms with E-state index in [4.69, 9.17) is 16.3 Å². The first kappa shape index (κ1) is 19.8. The summed E-state index contributed by atoms with van der Waals surface area (Å²) in [5.41, 5.74) is 1.58. The maximum atomic E-state index is 13.2. The lowest BCUT2D eigenvalue weighted by atomic mass is 10.1. The molecular weight excluding hydrogens is 352 g/mol. The summed E-state index contributed by atoms with van der Waals surface area (Å²) in [5, 5.41) is 2.92. The van der Waals surface area contributed by atoms with Crippen LogP contribution in [0.5, 0.6) is 5.75 Å². The number of hydrogen-bond acceptors (Lipinski definition) is 3. The SMILES string of the molecule is CCCCN(C(=O)c1cc(Cl)c(NC(C)=O)cc1OC)c1ccccc1. The Balaban J connectivity index is 2.44. The van der Waals surface area contributed by atoms with Gasteiger partial charge in [0.1, 0.15) is 5.75 Å². The highest BCUT2D eigenvalue weighted by atomic mass is 35.5. The Hall–Kier alpha value is -2.53. The van der Waals surface area contributed by atoms with Crippen LogP contribution in [0.25, 0.3) is 0 Å². The molecule has 0 bridgehead atoms. The van der Waals surface area contributed by atoms with Crippen LogP contribution in [-0.4, -0.2) is 25.5 Å². The summed E-state index contributed by atoms with van der Waals surface area (Å²) >= 11 is 6.26. The fourth-order valence-corrected chi connectivity index (χ4v) is 2.80. The Morgan fingerprint density at radius 1 is 1.19 bits per heavy atom. The third-order valence-electron chi connectivity index (χ3n) is 3.88. The third kappa shape index (κ3) is 4.76. The Bertz CT molecular complexity index is 778. The summed E-state index contributed by atoms with van der Waals surface area (Å²) in [6.07, 6.45) is 1.84. The maximum Gasteiger partial charge on any atom is 0.262 e. The number of nitrogens with zero attached hydrogens (tertiary/aromatic N) is 1. The Labute approximate surface area is 158 Å². The summed E-state index contributed by atoms with van der Waals surface area (Å²) in [7, 11) is 1.48. The second-order valence-electron chi connectivity index (χ2n) is 5.86. The van der Waals surface area contributed by atoms with Gasteiger partial charge < -0.3 is 15.0 Å². The van der Waals surface area contributed by atoms with Crippen LogP contribution in [0.3, 0.4) is 0 Å². The van der Waals surface area contributed by atoms with Crippen LogP contribution in [0.1, 0.15) is 37.0 Å². The smallest absolute Gasteiger partial charge is 0.262 e. The first-order chi connectivity index (χ1) is 12.5. The molecule has 0 heterocycles. The third-order valence-corrected chi connectivity index (χ3v) is 4.19. The minimum atomic E-state index is -0.248. The van der Waals surface area contributed by atoms with Crippen LogP contribution in [0.15, 0.2) is 42.5 Å². The fourth-order valence-electron chi connectivity index (χ4n) is 2.59. The number of hydrogen-bond donors (Lipinski definition) is 1. The number of carbonyl (C=O) groups is 2. The second-order valence-corrected chi connectivity index (χ2v) is 6.27. The van der Waals surface area contributed by atoms with Crippen LogP contribution >= 0.6 is 11.6 Å². The molecule has 0 spiro atoms. The molecule has 0 aliphatic carbocycles. The van der Waals surface area contributed by atoms with Gasteiger partial charge in [-0.15, -0.1) is 0 Å². The molecule has 6 heteroatoms. The highest BCUT2D eigenvalue weighted by Crippen LogP contribution is 2.32. The molecular formula is C20H23ClN2O3. The zero-order valence-corrected chi connectivity index (χ0v) is 16.0. The van der Waals surface area contributed by atoms with Crippen molar-refractivity contribution in [3.05, 3.63) is 53.1 Å². The molecule has 0 aliphatic rings. The molecule has 0 saturated heterocycles. The van der Waals surface area contributed by atoms with Crippen LogP contribution in [0.4, 0.5) is 11.4 Å². The molecule has 0 aromatic heterocycles. The number of carbonyl (C=O) groups excluding carboxylic acids is 2. The molecule has 0 radical (unpaired) electrons. The molecule has 2 rings (SSSR count). The number of ether oxygens (including phenoxy) is 1. The van der Waals surface area contributed by atoms with E-state index in [2.05, 4.69) is 12.2 Å². The van der Waals surface area contributed by atoms with Gasteiger partial charge in [-0.1, -0.05) is 43.1 Å². The van der Waals surface area contributed by atoms with Crippen molar-refractivity contribution in [3.63, 3.8) is 0 Å². The molecule has 1 N–H and O–H groups in total. The van der Waals surface area contributed by atoms with Crippen LogP contribution in [0.2, 0.25) is 5.02 Å². The lowest BCUT2D eigenvalue weighted by Crippen LogP contribution is -2.32. The molecule has 2 amide bonds. The Morgan fingerprint density at radius 3 is 2.46 bits per heavy atom. The minimum Gasteiger partial charge on any atom is -0.496 e. The predicted molar refractivity (Wildman–Crippen MR) is 105 cm³/mol. The van der Waals surface area contributed by atoms with Crippen molar-refractivity contribution < 1.29 is 14.3 Å². The molecule has 26 heavy (non-hydrogen) atoms. The van der Waals surface area contributed by atoms with Gasteiger partial charge in [-0.25, -0.2) is 0 Å². The summed E-state index contributed by atoms with van der Waals surface area (Å²) in [4.78, 5) is 26.2. The highest BCUT2D eigenvalue weighted by Gasteiger charge is 2.22. The second kappa shape index (κ2) is 9.25. The Morgan fingerprint density at radius 2 is 1.88 bits per heavy atom. The van der Waals surface area contributed by atoms with E-state index in [1.54, 1.807) is 11.0 Å². The normalized spacial score (nSPS) is 10.3. The molecule has 0 atom stereocenters. The first-order valence-corrected chi connectivity index (χ1v) is 8.87. The van der Waals surface area contributed by atoms with E-state index < -0.39 is 0 Å². The monoisotopic (exact) mass is 374 g/mol. The van der Waals surface area contributed by atoms with Crippen molar-refractivity contribution >= 4 is 34.8 Å². The fraction of sp³-hybridized carbons (Fsp3) is 0.300. The number of unbranched alkanes of at least 4 members (excludes halogenated alkanes) is 1. The van der Waals surface area contributed by atoms with Gasteiger partial charge in [0.2, 0.25) is 5.91 Å². The number of rotatable bonds is 7. The number of amides is 2. The topological polar surface area (TPSA) is 58.6 Å². The van der Waals surface area contributed by atoms with Crippen molar-refractivity contribution in [1.82, 2.24) is 0 Å². The number of benzene rings is 2. The molecule has 2 aromatic rings. The number of nitrogens with one attached hydrogen (secondary N) is 1. The molecule has 2 aromatic carbocycles. The average Bonchev–Trinajstić information content (AvgIpc) is 2.63. The van der Waals surface area contributed by atoms with Gasteiger partial charge in [-0.05, 0) is 24.6 Å². The van der Waals surface area contributed by atoms with Gasteiger partial charge in [0.25, 0.3) is 5.91 Å². The molecule has 0 aliphatic heterocycles. The predicted octanol–water partition coefficient (Wildman–Crippen LogP) is 4.75. The van der Waals surface area contributed by atoms with Gasteiger partial charge in [-0.2, -0.15) is 0 Å². The Kier molecular flexibility index (Phi) is 7.04. The van der Waals surface area contributed by atoms with Gasteiger partial charge in [0.15, 0.2) is 0 Å². The zero-order valence-electron chi connectivity index (χ0n) is 15.2. The van der Waals surface area contributed by atoms with E-state index in [0.29, 0.717) is 23.5 Å². The van der Waals surface area contributed by atoms with Crippen molar-refractivity contribution in [2.75, 3.05) is 23.9 Å². The van der Waals surface area contributed by atoms with E-state index in [0.717, 1.165) is 18.5 Å². The van der Waals surface area contributed by atoms with E-state index >= 15 is 0 Å². The van der Waals surface area contributed by atoms with Crippen molar-refractivity contribution in [2.24, 2.45) is 0 Å². The first-order valence-electron chi connectivity index (χ1n) is 8.50. The lowest BCUT2D eigenvalue weighted by molar-refractivity contribution is -0.114. The van der Waals surface area contributed by atoms with E-state index in [9.17, 15) is 9.59 Å². The molecule has 0 saturated carbocycles. The number of methoxy groups -OCH3 is 1. The minimum absolute atomic E-state index is 0.197. The highest BCUT2D eigenvalue weighted by molar-refractivity contribution is 6.34. The number of halogens is 1.